The minimum atomic E-state index is -0.760. The molecule has 0 N–H and O–H groups in total. The molecule has 0 radical (unpaired) electrons. The van der Waals surface area contributed by atoms with Crippen molar-refractivity contribution in [1.29, 1.82) is 0 Å². The van der Waals surface area contributed by atoms with E-state index in [0.717, 1.165) is 11.1 Å². The molecule has 0 aliphatic heterocycles. The molecule has 0 bridgehead atoms. The number of esters is 2. The fourth-order valence-corrected chi connectivity index (χ4v) is 2.44. The second-order valence-electron chi connectivity index (χ2n) is 4.29. The van der Waals surface area contributed by atoms with Gasteiger partial charge in [0, 0.05) is 0 Å². The van der Waals surface area contributed by atoms with Gasteiger partial charge < -0.3 is 9.47 Å². The molecule has 1 aromatic carbocycles. The molecule has 0 heterocycles. The summed E-state index contributed by atoms with van der Waals surface area (Å²) in [5.41, 5.74) is 1.81. The first-order valence-corrected chi connectivity index (χ1v) is 7.46. The van der Waals surface area contributed by atoms with Crippen molar-refractivity contribution in [3.05, 3.63) is 35.4 Å². The molecule has 0 amide bonds. The van der Waals surface area contributed by atoms with Crippen LogP contribution < -0.4 is 0 Å². The van der Waals surface area contributed by atoms with Gasteiger partial charge in [-0.1, -0.05) is 45.8 Å². The highest BCUT2D eigenvalue weighted by atomic mass is 79.9. The SMILES string of the molecule is CCOC(=O)[C@@H](Br)[C@@H](C(=O)OCC)c1ccc(C)cc1. The highest BCUT2D eigenvalue weighted by molar-refractivity contribution is 9.10. The molecule has 5 heteroatoms. The number of carbonyl (C=O) groups is 2. The molecule has 110 valence electrons. The van der Waals surface area contributed by atoms with Crippen molar-refractivity contribution in [2.75, 3.05) is 13.2 Å². The third-order valence-corrected chi connectivity index (χ3v) is 3.68. The van der Waals surface area contributed by atoms with Gasteiger partial charge in [0.15, 0.2) is 0 Å². The smallest absolute Gasteiger partial charge is 0.320 e. The quantitative estimate of drug-likeness (QED) is 0.589. The number of carbonyl (C=O) groups excluding carboxylic acids is 2. The molecule has 2 atom stereocenters. The van der Waals surface area contributed by atoms with E-state index in [1.54, 1.807) is 13.8 Å². The molecule has 0 aliphatic carbocycles. The molecule has 0 aliphatic rings. The Morgan fingerprint density at radius 2 is 1.55 bits per heavy atom. The molecule has 0 aromatic heterocycles. The molecule has 20 heavy (non-hydrogen) atoms. The van der Waals surface area contributed by atoms with Gasteiger partial charge in [0.05, 0.1) is 13.2 Å². The topological polar surface area (TPSA) is 52.6 Å². The minimum Gasteiger partial charge on any atom is -0.465 e. The Morgan fingerprint density at radius 1 is 1.05 bits per heavy atom. The van der Waals surface area contributed by atoms with Crippen molar-refractivity contribution in [1.82, 2.24) is 0 Å². The zero-order chi connectivity index (χ0) is 15.1. The summed E-state index contributed by atoms with van der Waals surface area (Å²) in [6, 6.07) is 7.44. The van der Waals surface area contributed by atoms with Crippen molar-refractivity contribution in [2.24, 2.45) is 0 Å². The second-order valence-corrected chi connectivity index (χ2v) is 5.28. The molecule has 1 rings (SSSR count). The fraction of sp³-hybridized carbons (Fsp3) is 0.467. The zero-order valence-electron chi connectivity index (χ0n) is 11.9. The Balaban J connectivity index is 3.04. The summed E-state index contributed by atoms with van der Waals surface area (Å²) in [6.07, 6.45) is 0. The monoisotopic (exact) mass is 342 g/mol. The van der Waals surface area contributed by atoms with Crippen LogP contribution in [0.1, 0.15) is 30.9 Å². The van der Waals surface area contributed by atoms with E-state index >= 15 is 0 Å². The van der Waals surface area contributed by atoms with Crippen molar-refractivity contribution < 1.29 is 19.1 Å². The first kappa shape index (κ1) is 16.7. The predicted molar refractivity (Wildman–Crippen MR) is 79.9 cm³/mol. The van der Waals surface area contributed by atoms with E-state index in [9.17, 15) is 9.59 Å². The number of benzene rings is 1. The molecular weight excluding hydrogens is 324 g/mol. The van der Waals surface area contributed by atoms with E-state index in [4.69, 9.17) is 9.47 Å². The lowest BCUT2D eigenvalue weighted by Crippen LogP contribution is -2.31. The normalized spacial score (nSPS) is 13.4. The second kappa shape index (κ2) is 8.04. The molecule has 0 spiro atoms. The van der Waals surface area contributed by atoms with Gasteiger partial charge in [-0.3, -0.25) is 9.59 Å². The fourth-order valence-electron chi connectivity index (χ4n) is 1.79. The maximum absolute atomic E-state index is 12.1. The van der Waals surface area contributed by atoms with Crippen molar-refractivity contribution in [3.8, 4) is 0 Å². The van der Waals surface area contributed by atoms with Crippen LogP contribution in [-0.2, 0) is 19.1 Å². The van der Waals surface area contributed by atoms with Crippen LogP contribution >= 0.6 is 15.9 Å². The summed E-state index contributed by atoms with van der Waals surface area (Å²) in [7, 11) is 0. The van der Waals surface area contributed by atoms with Gasteiger partial charge in [0.25, 0.3) is 0 Å². The summed E-state index contributed by atoms with van der Waals surface area (Å²) in [5.74, 6) is -1.62. The van der Waals surface area contributed by atoms with E-state index in [0.29, 0.717) is 0 Å². The highest BCUT2D eigenvalue weighted by Crippen LogP contribution is 2.28. The van der Waals surface area contributed by atoms with Gasteiger partial charge in [-0.05, 0) is 26.3 Å². The van der Waals surface area contributed by atoms with E-state index in [-0.39, 0.29) is 13.2 Å². The molecule has 0 unspecified atom stereocenters. The van der Waals surface area contributed by atoms with Crippen LogP contribution in [0.3, 0.4) is 0 Å². The predicted octanol–water partition coefficient (Wildman–Crippen LogP) is 2.97. The Morgan fingerprint density at radius 3 is 2.05 bits per heavy atom. The Hall–Kier alpha value is -1.36. The summed E-state index contributed by atoms with van der Waals surface area (Å²) in [5, 5.41) is 0. The van der Waals surface area contributed by atoms with Crippen LogP contribution in [0.4, 0.5) is 0 Å². The van der Waals surface area contributed by atoms with Crippen LogP contribution in [-0.4, -0.2) is 30.0 Å². The van der Waals surface area contributed by atoms with E-state index < -0.39 is 22.7 Å². The summed E-state index contributed by atoms with van der Waals surface area (Å²) in [4.78, 5) is 23.2. The number of halogens is 1. The number of rotatable bonds is 6. The van der Waals surface area contributed by atoms with Gasteiger partial charge in [-0.15, -0.1) is 0 Å². The Kier molecular flexibility index (Phi) is 6.71. The van der Waals surface area contributed by atoms with Crippen molar-refractivity contribution in [3.63, 3.8) is 0 Å². The summed E-state index contributed by atoms with van der Waals surface area (Å²) < 4.78 is 10.0. The van der Waals surface area contributed by atoms with Crippen molar-refractivity contribution >= 4 is 27.9 Å². The largest absolute Gasteiger partial charge is 0.465 e. The van der Waals surface area contributed by atoms with Crippen LogP contribution in [0.15, 0.2) is 24.3 Å². The van der Waals surface area contributed by atoms with Gasteiger partial charge in [0.2, 0.25) is 0 Å². The average molecular weight is 343 g/mol. The van der Waals surface area contributed by atoms with Crippen LogP contribution in [0.5, 0.6) is 0 Å². The standard InChI is InChI=1S/C15H19BrO4/c1-4-19-14(17)12(13(16)15(18)20-5-2)11-8-6-10(3)7-9-11/h6-9,12-13H,4-5H2,1-3H3/t12-,13-/m0/s1. The summed E-state index contributed by atoms with van der Waals surface area (Å²) >= 11 is 3.26. The maximum Gasteiger partial charge on any atom is 0.320 e. The lowest BCUT2D eigenvalue weighted by Gasteiger charge is -2.20. The van der Waals surface area contributed by atoms with Crippen LogP contribution in [0.25, 0.3) is 0 Å². The van der Waals surface area contributed by atoms with Gasteiger partial charge in [0.1, 0.15) is 10.7 Å². The molecule has 0 saturated heterocycles. The van der Waals surface area contributed by atoms with Gasteiger partial charge in [-0.25, -0.2) is 0 Å². The number of hydrogen-bond donors (Lipinski definition) is 0. The van der Waals surface area contributed by atoms with E-state index in [2.05, 4.69) is 15.9 Å². The van der Waals surface area contributed by atoms with E-state index in [1.807, 2.05) is 31.2 Å². The maximum atomic E-state index is 12.1. The molecule has 1 aromatic rings. The van der Waals surface area contributed by atoms with Crippen LogP contribution in [0, 0.1) is 6.92 Å². The average Bonchev–Trinajstić information content (AvgIpc) is 2.41. The number of alkyl halides is 1. The third-order valence-electron chi connectivity index (χ3n) is 2.78. The van der Waals surface area contributed by atoms with Crippen molar-refractivity contribution in [2.45, 2.75) is 31.5 Å². The molecular formula is C15H19BrO4. The zero-order valence-corrected chi connectivity index (χ0v) is 13.5. The molecule has 0 saturated carbocycles. The van der Waals surface area contributed by atoms with Gasteiger partial charge in [-0.2, -0.15) is 0 Å². The minimum absolute atomic E-state index is 0.268. The number of ether oxygens (including phenoxy) is 2. The van der Waals surface area contributed by atoms with Crippen LogP contribution in [0.2, 0.25) is 0 Å². The van der Waals surface area contributed by atoms with Gasteiger partial charge >= 0.3 is 11.9 Å². The Bertz CT molecular complexity index is 455. The number of hydrogen-bond acceptors (Lipinski definition) is 4. The molecule has 0 fully saturated rings. The van der Waals surface area contributed by atoms with E-state index in [1.165, 1.54) is 0 Å². The molecule has 4 nitrogen and oxygen atoms in total. The highest BCUT2D eigenvalue weighted by Gasteiger charge is 2.35. The third kappa shape index (κ3) is 4.34. The summed E-state index contributed by atoms with van der Waals surface area (Å²) in [6.45, 7) is 5.95. The lowest BCUT2D eigenvalue weighted by atomic mass is 9.95. The Labute approximate surface area is 127 Å². The lowest BCUT2D eigenvalue weighted by molar-refractivity contribution is -0.150. The first-order chi connectivity index (χ1) is 9.51. The first-order valence-electron chi connectivity index (χ1n) is 6.55. The number of aryl methyl sites for hydroxylation is 1.